The number of carbonyl (C=O) groups is 1. The topological polar surface area (TPSA) is 78.8 Å². The molecule has 0 saturated carbocycles. The number of carbonyl (C=O) groups excluding carboxylic acids is 1. The summed E-state index contributed by atoms with van der Waals surface area (Å²) in [7, 11) is 0. The van der Waals surface area contributed by atoms with E-state index in [0.29, 0.717) is 18.3 Å². The van der Waals surface area contributed by atoms with Gasteiger partial charge in [0.15, 0.2) is 5.69 Å². The zero-order valence-corrected chi connectivity index (χ0v) is 16.4. The van der Waals surface area contributed by atoms with Gasteiger partial charge in [-0.05, 0) is 57.6 Å². The summed E-state index contributed by atoms with van der Waals surface area (Å²) >= 11 is 0. The minimum atomic E-state index is -0.114. The van der Waals surface area contributed by atoms with E-state index < -0.39 is 0 Å². The first-order valence-corrected chi connectivity index (χ1v) is 10.3. The van der Waals surface area contributed by atoms with Gasteiger partial charge in [0.2, 0.25) is 0 Å². The molecule has 0 fully saturated rings. The summed E-state index contributed by atoms with van der Waals surface area (Å²) in [6, 6.07) is 2.44. The highest BCUT2D eigenvalue weighted by atomic mass is 16.1. The lowest BCUT2D eigenvalue weighted by Gasteiger charge is -2.23. The summed E-state index contributed by atoms with van der Waals surface area (Å²) in [6.45, 7) is 7.69. The minimum absolute atomic E-state index is 0.114. The second-order valence-electron chi connectivity index (χ2n) is 8.03. The van der Waals surface area contributed by atoms with Crippen LogP contribution in [0.5, 0.6) is 0 Å². The number of rotatable bonds is 4. The highest BCUT2D eigenvalue weighted by molar-refractivity contribution is 5.92. The Morgan fingerprint density at radius 2 is 2.07 bits per heavy atom. The van der Waals surface area contributed by atoms with E-state index in [4.69, 9.17) is 0 Å². The summed E-state index contributed by atoms with van der Waals surface area (Å²) in [4.78, 5) is 15.1. The number of nitrogens with one attached hydrogen (secondary N) is 2. The molecular weight excluding hydrogens is 340 g/mol. The Morgan fingerprint density at radius 1 is 1.22 bits per heavy atom. The molecule has 0 bridgehead atoms. The van der Waals surface area contributed by atoms with Crippen molar-refractivity contribution in [2.45, 2.75) is 78.0 Å². The molecule has 0 unspecified atom stereocenters. The Kier molecular flexibility index (Phi) is 5.29. The maximum Gasteiger partial charge on any atom is 0.272 e. The number of amides is 1. The van der Waals surface area contributed by atoms with Crippen molar-refractivity contribution in [1.82, 2.24) is 30.2 Å². The van der Waals surface area contributed by atoms with Crippen LogP contribution < -0.4 is 5.32 Å². The lowest BCUT2D eigenvalue weighted by atomic mass is 10.1. The van der Waals surface area contributed by atoms with Crippen LogP contribution in [0.15, 0.2) is 6.07 Å². The maximum absolute atomic E-state index is 12.7. The smallest absolute Gasteiger partial charge is 0.272 e. The average Bonchev–Trinajstić information content (AvgIpc) is 3.06. The molecule has 1 aliphatic carbocycles. The molecule has 0 saturated heterocycles. The van der Waals surface area contributed by atoms with Crippen molar-refractivity contribution in [2.75, 3.05) is 6.54 Å². The number of hydrogen-bond donors (Lipinski definition) is 2. The Morgan fingerprint density at radius 3 is 2.93 bits per heavy atom. The Bertz CT molecular complexity index is 805. The van der Waals surface area contributed by atoms with Crippen LogP contribution in [-0.4, -0.2) is 43.4 Å². The van der Waals surface area contributed by atoms with Gasteiger partial charge in [0.05, 0.1) is 17.9 Å². The predicted octanol–water partition coefficient (Wildman–Crippen LogP) is 2.42. The quantitative estimate of drug-likeness (QED) is 0.810. The Labute approximate surface area is 160 Å². The fraction of sp³-hybridized carbons (Fsp3) is 0.650. The van der Waals surface area contributed by atoms with Crippen LogP contribution in [0.25, 0.3) is 0 Å². The molecule has 2 aromatic rings. The summed E-state index contributed by atoms with van der Waals surface area (Å²) in [5.41, 5.74) is 5.17. The summed E-state index contributed by atoms with van der Waals surface area (Å²) in [5.74, 6) is -0.114. The molecule has 1 aliphatic heterocycles. The van der Waals surface area contributed by atoms with Crippen molar-refractivity contribution in [3.05, 3.63) is 34.4 Å². The molecule has 7 heteroatoms. The van der Waals surface area contributed by atoms with Gasteiger partial charge in [-0.15, -0.1) is 0 Å². The van der Waals surface area contributed by atoms with Gasteiger partial charge in [-0.25, -0.2) is 0 Å². The van der Waals surface area contributed by atoms with Crippen LogP contribution in [0, 0.1) is 0 Å². The molecule has 2 N–H and O–H groups in total. The van der Waals surface area contributed by atoms with Crippen LogP contribution in [-0.2, 0) is 32.5 Å². The average molecular weight is 371 g/mol. The second kappa shape index (κ2) is 7.84. The second-order valence-corrected chi connectivity index (χ2v) is 8.03. The van der Waals surface area contributed by atoms with E-state index >= 15 is 0 Å². The molecule has 0 spiro atoms. The first-order chi connectivity index (χ1) is 13.1. The van der Waals surface area contributed by atoms with E-state index in [0.717, 1.165) is 50.3 Å². The third-order valence-electron chi connectivity index (χ3n) is 5.81. The van der Waals surface area contributed by atoms with Crippen molar-refractivity contribution in [1.29, 1.82) is 0 Å². The number of aryl methyl sites for hydroxylation is 2. The van der Waals surface area contributed by atoms with Crippen molar-refractivity contribution < 1.29 is 4.79 Å². The lowest BCUT2D eigenvalue weighted by Crippen LogP contribution is -2.30. The molecule has 2 aromatic heterocycles. The van der Waals surface area contributed by atoms with Crippen LogP contribution >= 0.6 is 0 Å². The van der Waals surface area contributed by atoms with Gasteiger partial charge in [-0.3, -0.25) is 19.5 Å². The van der Waals surface area contributed by atoms with E-state index in [9.17, 15) is 4.79 Å². The summed E-state index contributed by atoms with van der Waals surface area (Å²) in [5, 5.41) is 15.2. The van der Waals surface area contributed by atoms with Gasteiger partial charge >= 0.3 is 0 Å². The van der Waals surface area contributed by atoms with Gasteiger partial charge in [-0.2, -0.15) is 10.2 Å². The molecule has 1 amide bonds. The monoisotopic (exact) mass is 370 g/mol. The van der Waals surface area contributed by atoms with E-state index in [-0.39, 0.29) is 5.91 Å². The molecule has 4 rings (SSSR count). The first kappa shape index (κ1) is 18.2. The molecule has 3 heterocycles. The number of hydrogen-bond acceptors (Lipinski definition) is 4. The van der Waals surface area contributed by atoms with Gasteiger partial charge < -0.3 is 5.32 Å². The van der Waals surface area contributed by atoms with Gasteiger partial charge in [-0.1, -0.05) is 6.42 Å². The highest BCUT2D eigenvalue weighted by Gasteiger charge is 2.21. The van der Waals surface area contributed by atoms with E-state index in [1.54, 1.807) is 0 Å². The number of fused-ring (bicyclic) bond motifs is 2. The maximum atomic E-state index is 12.7. The molecule has 0 atom stereocenters. The summed E-state index contributed by atoms with van der Waals surface area (Å²) in [6.07, 6.45) is 6.87. The molecule has 0 radical (unpaired) electrons. The largest absolute Gasteiger partial charge is 0.345 e. The van der Waals surface area contributed by atoms with Gasteiger partial charge in [0, 0.05) is 31.4 Å². The van der Waals surface area contributed by atoms with E-state index in [1.165, 1.54) is 30.5 Å². The van der Waals surface area contributed by atoms with Crippen molar-refractivity contribution in [2.24, 2.45) is 0 Å². The first-order valence-electron chi connectivity index (χ1n) is 10.3. The number of aromatic nitrogens is 4. The fourth-order valence-electron chi connectivity index (χ4n) is 4.17. The highest BCUT2D eigenvalue weighted by Crippen LogP contribution is 2.21. The Hall–Kier alpha value is -2.15. The molecule has 0 aromatic carbocycles. The van der Waals surface area contributed by atoms with Gasteiger partial charge in [0.1, 0.15) is 0 Å². The standard InChI is InChI=1S/C20H30N6O/c1-14(2)25-9-6-10-26-15(13-25)11-18(24-26)20(27)21-12-19-16-7-4-3-5-8-17(16)22-23-19/h11,14H,3-10,12-13H2,1-2H3,(H,21,27)(H,22,23). The van der Waals surface area contributed by atoms with E-state index in [2.05, 4.69) is 39.4 Å². The zero-order valence-electron chi connectivity index (χ0n) is 16.4. The number of H-pyrrole nitrogens is 1. The zero-order chi connectivity index (χ0) is 18.8. The minimum Gasteiger partial charge on any atom is -0.345 e. The van der Waals surface area contributed by atoms with E-state index in [1.807, 2.05) is 10.7 Å². The SMILES string of the molecule is CC(C)N1CCCn2nc(C(=O)NCc3n[nH]c4c3CCCCC4)cc2C1. The van der Waals surface area contributed by atoms with Crippen LogP contribution in [0.4, 0.5) is 0 Å². The lowest BCUT2D eigenvalue weighted by molar-refractivity contribution is 0.0944. The normalized spacial score (nSPS) is 17.9. The van der Waals surface area contributed by atoms with Crippen molar-refractivity contribution >= 4 is 5.91 Å². The number of nitrogens with zero attached hydrogens (tertiary/aromatic N) is 4. The third kappa shape index (κ3) is 3.93. The third-order valence-corrected chi connectivity index (χ3v) is 5.81. The van der Waals surface area contributed by atoms with Crippen LogP contribution in [0.1, 0.15) is 72.7 Å². The molecule has 2 aliphatic rings. The summed E-state index contributed by atoms with van der Waals surface area (Å²) < 4.78 is 2.00. The van der Waals surface area contributed by atoms with Crippen molar-refractivity contribution in [3.8, 4) is 0 Å². The van der Waals surface area contributed by atoms with Gasteiger partial charge in [0.25, 0.3) is 5.91 Å². The number of aromatic amines is 1. The fourth-order valence-corrected chi connectivity index (χ4v) is 4.17. The molecule has 7 nitrogen and oxygen atoms in total. The van der Waals surface area contributed by atoms with Crippen molar-refractivity contribution in [3.63, 3.8) is 0 Å². The Balaban J connectivity index is 1.42. The van der Waals surface area contributed by atoms with Crippen LogP contribution in [0.2, 0.25) is 0 Å². The predicted molar refractivity (Wildman–Crippen MR) is 103 cm³/mol. The molecular formula is C20H30N6O. The molecule has 146 valence electrons. The molecule has 27 heavy (non-hydrogen) atoms. The van der Waals surface area contributed by atoms with Crippen LogP contribution in [0.3, 0.4) is 0 Å².